The summed E-state index contributed by atoms with van der Waals surface area (Å²) in [5, 5.41) is 0.544. The zero-order valence-electron chi connectivity index (χ0n) is 16.0. The van der Waals surface area contributed by atoms with Gasteiger partial charge in [-0.1, -0.05) is 0 Å². The maximum atomic E-state index is 13.3. The number of anilines is 1. The third kappa shape index (κ3) is 4.15. The Hall–Kier alpha value is -2.40. The molecule has 1 aromatic heterocycles. The van der Waals surface area contributed by atoms with Gasteiger partial charge in [-0.15, -0.1) is 0 Å². The molecule has 3 rings (SSSR count). The van der Waals surface area contributed by atoms with E-state index in [4.69, 9.17) is 9.47 Å². The van der Waals surface area contributed by atoms with Gasteiger partial charge < -0.3 is 9.47 Å². The van der Waals surface area contributed by atoms with E-state index in [0.29, 0.717) is 16.7 Å². The van der Waals surface area contributed by atoms with Crippen LogP contribution in [0.1, 0.15) is 17.3 Å². The molecule has 2 aromatic carbocycles. The number of nitrogens with zero attached hydrogens (tertiary/aromatic N) is 2. The van der Waals surface area contributed by atoms with Crippen LogP contribution in [0.2, 0.25) is 0 Å². The van der Waals surface area contributed by atoms with E-state index in [-0.39, 0.29) is 22.8 Å². The van der Waals surface area contributed by atoms with E-state index in [9.17, 15) is 13.2 Å². The third-order valence-corrected chi connectivity index (χ3v) is 6.77. The van der Waals surface area contributed by atoms with Crippen LogP contribution >= 0.6 is 22.6 Å². The molecule has 0 aliphatic carbocycles. The van der Waals surface area contributed by atoms with Crippen LogP contribution in [-0.2, 0) is 14.8 Å². The lowest BCUT2D eigenvalue weighted by Gasteiger charge is -2.23. The minimum Gasteiger partial charge on any atom is -0.497 e. The second-order valence-corrected chi connectivity index (χ2v) is 9.27. The summed E-state index contributed by atoms with van der Waals surface area (Å²) in [6.07, 6.45) is 1.35. The summed E-state index contributed by atoms with van der Waals surface area (Å²) in [5.74, 6) is -0.0877. The van der Waals surface area contributed by atoms with Crippen molar-refractivity contribution in [3.8, 4) is 5.75 Å². The van der Waals surface area contributed by atoms with E-state index in [0.717, 1.165) is 7.88 Å². The summed E-state index contributed by atoms with van der Waals surface area (Å²) in [5.41, 5.74) is 0.883. The molecule has 1 heterocycles. The number of carbonyl (C=O) groups excluding carboxylic acids is 1. The fourth-order valence-corrected chi connectivity index (χ4v) is 4.60. The number of ether oxygens (including phenoxy) is 2. The van der Waals surface area contributed by atoms with Crippen molar-refractivity contribution >= 4 is 55.2 Å². The molecule has 0 atom stereocenters. The SMILES string of the molecule is CCOC(=O)c1cnc2ccc(I)cc2c1N(C)S(=O)(=O)c1ccc(OC)cc1. The molecule has 0 spiro atoms. The summed E-state index contributed by atoms with van der Waals surface area (Å²) in [4.78, 5) is 16.9. The predicted molar refractivity (Wildman–Crippen MR) is 119 cm³/mol. The van der Waals surface area contributed by atoms with Gasteiger partial charge >= 0.3 is 5.97 Å². The summed E-state index contributed by atoms with van der Waals surface area (Å²) in [6, 6.07) is 11.5. The second kappa shape index (κ2) is 8.54. The van der Waals surface area contributed by atoms with Gasteiger partial charge in [0, 0.05) is 22.2 Å². The molecule has 0 aliphatic heterocycles. The van der Waals surface area contributed by atoms with Crippen LogP contribution < -0.4 is 9.04 Å². The van der Waals surface area contributed by atoms with Gasteiger partial charge in [-0.25, -0.2) is 13.2 Å². The summed E-state index contributed by atoms with van der Waals surface area (Å²) < 4.78 is 38.8. The minimum atomic E-state index is -3.95. The number of sulfonamides is 1. The maximum absolute atomic E-state index is 13.3. The highest BCUT2D eigenvalue weighted by atomic mass is 127. The van der Waals surface area contributed by atoms with Crippen molar-refractivity contribution in [2.24, 2.45) is 0 Å². The van der Waals surface area contributed by atoms with E-state index in [1.807, 2.05) is 6.07 Å². The maximum Gasteiger partial charge on any atom is 0.341 e. The zero-order chi connectivity index (χ0) is 21.2. The third-order valence-electron chi connectivity index (χ3n) is 4.33. The molecule has 0 fully saturated rings. The molecule has 3 aromatic rings. The van der Waals surface area contributed by atoms with Gasteiger partial charge in [-0.2, -0.15) is 0 Å². The van der Waals surface area contributed by atoms with Crippen LogP contribution in [0, 0.1) is 3.57 Å². The number of methoxy groups -OCH3 is 1. The summed E-state index contributed by atoms with van der Waals surface area (Å²) in [6.45, 7) is 1.85. The average molecular weight is 526 g/mol. The highest BCUT2D eigenvalue weighted by Crippen LogP contribution is 2.34. The first-order chi connectivity index (χ1) is 13.8. The van der Waals surface area contributed by atoms with Crippen LogP contribution in [0.5, 0.6) is 5.75 Å². The van der Waals surface area contributed by atoms with Gasteiger partial charge in [0.1, 0.15) is 11.3 Å². The van der Waals surface area contributed by atoms with Crippen molar-refractivity contribution in [1.29, 1.82) is 0 Å². The Morgan fingerprint density at radius 3 is 2.48 bits per heavy atom. The fraction of sp³-hybridized carbons (Fsp3) is 0.200. The smallest absolute Gasteiger partial charge is 0.341 e. The Labute approximate surface area is 182 Å². The molecule has 0 N–H and O–H groups in total. The quantitative estimate of drug-likeness (QED) is 0.359. The first-order valence-corrected chi connectivity index (χ1v) is 11.2. The molecule has 0 unspecified atom stereocenters. The van der Waals surface area contributed by atoms with Crippen LogP contribution in [0.15, 0.2) is 53.6 Å². The molecule has 7 nitrogen and oxygen atoms in total. The molecular weight excluding hydrogens is 507 g/mol. The lowest BCUT2D eigenvalue weighted by molar-refractivity contribution is 0.0527. The van der Waals surface area contributed by atoms with Gasteiger partial charge in [-0.3, -0.25) is 9.29 Å². The van der Waals surface area contributed by atoms with Crippen molar-refractivity contribution < 1.29 is 22.7 Å². The lowest BCUT2D eigenvalue weighted by Crippen LogP contribution is -2.29. The zero-order valence-corrected chi connectivity index (χ0v) is 19.0. The van der Waals surface area contributed by atoms with Crippen molar-refractivity contribution in [2.75, 3.05) is 25.1 Å². The topological polar surface area (TPSA) is 85.8 Å². The number of rotatable bonds is 6. The van der Waals surface area contributed by atoms with E-state index in [1.165, 1.54) is 32.5 Å². The second-order valence-electron chi connectivity index (χ2n) is 6.05. The molecular formula is C20H19IN2O5S. The Balaban J connectivity index is 2.23. The molecule has 0 bridgehead atoms. The van der Waals surface area contributed by atoms with Gasteiger partial charge in [0.2, 0.25) is 0 Å². The number of carbonyl (C=O) groups is 1. The first kappa shape index (κ1) is 21.3. The van der Waals surface area contributed by atoms with Crippen molar-refractivity contribution in [3.63, 3.8) is 0 Å². The molecule has 152 valence electrons. The van der Waals surface area contributed by atoms with Crippen molar-refractivity contribution in [3.05, 3.63) is 57.8 Å². The largest absolute Gasteiger partial charge is 0.497 e. The number of halogens is 1. The normalized spacial score (nSPS) is 11.3. The lowest BCUT2D eigenvalue weighted by atomic mass is 10.1. The number of benzene rings is 2. The van der Waals surface area contributed by atoms with E-state index < -0.39 is 16.0 Å². The van der Waals surface area contributed by atoms with Crippen molar-refractivity contribution in [2.45, 2.75) is 11.8 Å². The Bertz CT molecular complexity index is 1160. The van der Waals surface area contributed by atoms with Crippen LogP contribution in [0.4, 0.5) is 5.69 Å². The van der Waals surface area contributed by atoms with E-state index in [1.54, 1.807) is 31.2 Å². The van der Waals surface area contributed by atoms with Crippen LogP contribution in [0.25, 0.3) is 10.9 Å². The number of aromatic nitrogens is 1. The molecule has 29 heavy (non-hydrogen) atoms. The number of fused-ring (bicyclic) bond motifs is 1. The average Bonchev–Trinajstić information content (AvgIpc) is 2.72. The fourth-order valence-electron chi connectivity index (χ4n) is 2.87. The summed E-state index contributed by atoms with van der Waals surface area (Å²) in [7, 11) is -1.03. The molecule has 0 radical (unpaired) electrons. The van der Waals surface area contributed by atoms with Crippen LogP contribution in [-0.4, -0.2) is 40.1 Å². The Morgan fingerprint density at radius 2 is 1.86 bits per heavy atom. The van der Waals surface area contributed by atoms with Gasteiger partial charge in [0.25, 0.3) is 10.0 Å². The predicted octanol–water partition coefficient (Wildman–Crippen LogP) is 3.85. The highest BCUT2D eigenvalue weighted by molar-refractivity contribution is 14.1. The molecule has 9 heteroatoms. The van der Waals surface area contributed by atoms with Crippen LogP contribution in [0.3, 0.4) is 0 Å². The molecule has 0 saturated heterocycles. The highest BCUT2D eigenvalue weighted by Gasteiger charge is 2.28. The molecule has 0 saturated carbocycles. The summed E-state index contributed by atoms with van der Waals surface area (Å²) >= 11 is 2.13. The van der Waals surface area contributed by atoms with E-state index in [2.05, 4.69) is 27.6 Å². The molecule has 0 amide bonds. The van der Waals surface area contributed by atoms with Gasteiger partial charge in [-0.05, 0) is 72.0 Å². The first-order valence-electron chi connectivity index (χ1n) is 8.68. The van der Waals surface area contributed by atoms with Gasteiger partial charge in [0.05, 0.1) is 29.8 Å². The van der Waals surface area contributed by atoms with Gasteiger partial charge in [0.15, 0.2) is 0 Å². The standard InChI is InChI=1S/C20H19IN2O5S/c1-4-28-20(24)17-12-22-18-10-5-13(21)11-16(18)19(17)23(2)29(25,26)15-8-6-14(27-3)7-9-15/h5-12H,4H2,1-3H3. The molecule has 0 aliphatic rings. The van der Waals surface area contributed by atoms with E-state index >= 15 is 0 Å². The Morgan fingerprint density at radius 1 is 1.17 bits per heavy atom. The number of hydrogen-bond donors (Lipinski definition) is 0. The van der Waals surface area contributed by atoms with Crippen molar-refractivity contribution in [1.82, 2.24) is 4.98 Å². The number of esters is 1. The monoisotopic (exact) mass is 526 g/mol. The Kier molecular flexibility index (Phi) is 6.27. The number of pyridine rings is 1. The minimum absolute atomic E-state index is 0.0752. The number of hydrogen-bond acceptors (Lipinski definition) is 6.